The lowest BCUT2D eigenvalue weighted by atomic mass is 10.2. The van der Waals surface area contributed by atoms with Gasteiger partial charge in [-0.15, -0.1) is 10.2 Å². The highest BCUT2D eigenvalue weighted by Crippen LogP contribution is 2.25. The van der Waals surface area contributed by atoms with Crippen LogP contribution in [0, 0.1) is 6.92 Å². The highest BCUT2D eigenvalue weighted by atomic mass is 35.5. The molecule has 18 heavy (non-hydrogen) atoms. The van der Waals surface area contributed by atoms with E-state index in [0.717, 1.165) is 5.56 Å². The summed E-state index contributed by atoms with van der Waals surface area (Å²) >= 11 is 6.01. The summed E-state index contributed by atoms with van der Waals surface area (Å²) in [5.41, 5.74) is 6.47. The lowest BCUT2D eigenvalue weighted by Gasteiger charge is -2.06. The van der Waals surface area contributed by atoms with Crippen molar-refractivity contribution in [2.75, 3.05) is 6.54 Å². The first-order valence-corrected chi connectivity index (χ1v) is 5.92. The molecule has 0 spiro atoms. The normalized spacial score (nSPS) is 10.6. The summed E-state index contributed by atoms with van der Waals surface area (Å²) < 4.78 is 5.55. The number of hydrogen-bond donors (Lipinski definition) is 1. The average molecular weight is 268 g/mol. The number of aryl methyl sites for hydroxylation is 1. The molecule has 96 valence electrons. The number of aromatic nitrogens is 4. The smallest absolute Gasteiger partial charge is 0.212 e. The van der Waals surface area contributed by atoms with Gasteiger partial charge in [-0.25, -0.2) is 0 Å². The number of tetrazole rings is 1. The SMILES string of the molecule is Cc1ccc(Cl)c(OCc2nnn(CCN)n2)c1. The third kappa shape index (κ3) is 3.18. The molecule has 0 fully saturated rings. The molecule has 2 rings (SSSR count). The summed E-state index contributed by atoms with van der Waals surface area (Å²) in [7, 11) is 0. The Morgan fingerprint density at radius 3 is 3.06 bits per heavy atom. The van der Waals surface area contributed by atoms with Gasteiger partial charge in [0.15, 0.2) is 6.61 Å². The molecule has 0 unspecified atom stereocenters. The molecular formula is C11H14ClN5O. The van der Waals surface area contributed by atoms with Crippen molar-refractivity contribution in [1.82, 2.24) is 20.2 Å². The maximum Gasteiger partial charge on any atom is 0.212 e. The molecule has 0 aliphatic carbocycles. The van der Waals surface area contributed by atoms with Crippen molar-refractivity contribution in [1.29, 1.82) is 0 Å². The van der Waals surface area contributed by atoms with Crippen LogP contribution in [0.4, 0.5) is 0 Å². The molecule has 6 nitrogen and oxygen atoms in total. The van der Waals surface area contributed by atoms with E-state index >= 15 is 0 Å². The van der Waals surface area contributed by atoms with E-state index in [2.05, 4.69) is 15.4 Å². The molecule has 0 amide bonds. The van der Waals surface area contributed by atoms with Gasteiger partial charge in [0.25, 0.3) is 0 Å². The van der Waals surface area contributed by atoms with Gasteiger partial charge in [-0.05, 0) is 29.8 Å². The maximum absolute atomic E-state index is 6.01. The number of ether oxygens (including phenoxy) is 1. The van der Waals surface area contributed by atoms with Crippen LogP contribution >= 0.6 is 11.6 Å². The lowest BCUT2D eigenvalue weighted by Crippen LogP contribution is -2.12. The van der Waals surface area contributed by atoms with Gasteiger partial charge in [0.2, 0.25) is 5.82 Å². The van der Waals surface area contributed by atoms with Crippen molar-refractivity contribution in [2.45, 2.75) is 20.1 Å². The molecule has 7 heteroatoms. The van der Waals surface area contributed by atoms with Crippen molar-refractivity contribution in [3.8, 4) is 5.75 Å². The fourth-order valence-electron chi connectivity index (χ4n) is 1.41. The van der Waals surface area contributed by atoms with E-state index in [-0.39, 0.29) is 6.61 Å². The van der Waals surface area contributed by atoms with Gasteiger partial charge in [0.1, 0.15) is 5.75 Å². The molecule has 1 aromatic heterocycles. The Balaban J connectivity index is 1.99. The van der Waals surface area contributed by atoms with E-state index in [9.17, 15) is 0 Å². The van der Waals surface area contributed by atoms with E-state index in [1.54, 1.807) is 6.07 Å². The summed E-state index contributed by atoms with van der Waals surface area (Å²) in [5.74, 6) is 1.12. The quantitative estimate of drug-likeness (QED) is 0.880. The largest absolute Gasteiger partial charge is 0.484 e. The first kappa shape index (κ1) is 12.8. The summed E-state index contributed by atoms with van der Waals surface area (Å²) in [5, 5.41) is 12.4. The lowest BCUT2D eigenvalue weighted by molar-refractivity contribution is 0.295. The Morgan fingerprint density at radius 2 is 2.28 bits per heavy atom. The van der Waals surface area contributed by atoms with Crippen molar-refractivity contribution in [3.05, 3.63) is 34.6 Å². The van der Waals surface area contributed by atoms with Crippen molar-refractivity contribution < 1.29 is 4.74 Å². The van der Waals surface area contributed by atoms with Crippen molar-refractivity contribution in [2.24, 2.45) is 5.73 Å². The number of hydrogen-bond acceptors (Lipinski definition) is 5. The van der Waals surface area contributed by atoms with Crippen LogP contribution in [0.25, 0.3) is 0 Å². The van der Waals surface area contributed by atoms with Gasteiger partial charge in [-0.3, -0.25) is 0 Å². The summed E-state index contributed by atoms with van der Waals surface area (Å²) in [6.45, 7) is 3.21. The van der Waals surface area contributed by atoms with Crippen LogP contribution in [0.15, 0.2) is 18.2 Å². The van der Waals surface area contributed by atoms with Crippen LogP contribution in [-0.2, 0) is 13.2 Å². The van der Waals surface area contributed by atoms with Crippen molar-refractivity contribution >= 4 is 11.6 Å². The zero-order valence-electron chi connectivity index (χ0n) is 10.0. The molecule has 0 aliphatic heterocycles. The topological polar surface area (TPSA) is 78.9 Å². The number of nitrogens with two attached hydrogens (primary N) is 1. The molecule has 1 aromatic carbocycles. The molecule has 2 N–H and O–H groups in total. The summed E-state index contributed by atoms with van der Waals surface area (Å²) in [6.07, 6.45) is 0. The van der Waals surface area contributed by atoms with E-state index in [0.29, 0.717) is 29.7 Å². The Kier molecular flexibility index (Phi) is 4.11. The highest BCUT2D eigenvalue weighted by molar-refractivity contribution is 6.32. The second-order valence-corrected chi connectivity index (χ2v) is 4.22. The first-order chi connectivity index (χ1) is 8.69. The van der Waals surface area contributed by atoms with Gasteiger partial charge in [0, 0.05) is 6.54 Å². The van der Waals surface area contributed by atoms with Gasteiger partial charge < -0.3 is 10.5 Å². The standard InChI is InChI=1S/C11H14ClN5O/c1-8-2-3-9(12)10(6-8)18-7-11-14-16-17(15-11)5-4-13/h2-3,6H,4-5,7,13H2,1H3. The molecule has 0 saturated heterocycles. The van der Waals surface area contributed by atoms with E-state index < -0.39 is 0 Å². The first-order valence-electron chi connectivity index (χ1n) is 5.55. The second-order valence-electron chi connectivity index (χ2n) is 3.81. The monoisotopic (exact) mass is 267 g/mol. The number of nitrogens with zero attached hydrogens (tertiary/aromatic N) is 4. The molecule has 0 aliphatic rings. The summed E-state index contributed by atoms with van der Waals surface area (Å²) in [4.78, 5) is 1.44. The Hall–Kier alpha value is -1.66. The summed E-state index contributed by atoms with van der Waals surface area (Å²) in [6, 6.07) is 5.59. The third-order valence-corrected chi connectivity index (χ3v) is 2.58. The van der Waals surface area contributed by atoms with Crippen LogP contribution < -0.4 is 10.5 Å². The van der Waals surface area contributed by atoms with Crippen LogP contribution in [0.1, 0.15) is 11.4 Å². The predicted octanol–water partition coefficient (Wildman–Crippen LogP) is 1.17. The molecule has 0 bridgehead atoms. The van der Waals surface area contributed by atoms with Crippen LogP contribution in [0.3, 0.4) is 0 Å². The zero-order valence-corrected chi connectivity index (χ0v) is 10.8. The Bertz CT molecular complexity index is 528. The van der Waals surface area contributed by atoms with E-state index in [1.165, 1.54) is 4.80 Å². The molecule has 1 heterocycles. The maximum atomic E-state index is 6.01. The zero-order chi connectivity index (χ0) is 13.0. The fourth-order valence-corrected chi connectivity index (χ4v) is 1.58. The minimum Gasteiger partial charge on any atom is -0.484 e. The van der Waals surface area contributed by atoms with E-state index in [4.69, 9.17) is 22.1 Å². The van der Waals surface area contributed by atoms with Gasteiger partial charge in [-0.1, -0.05) is 17.7 Å². The fraction of sp³-hybridized carbons (Fsp3) is 0.364. The van der Waals surface area contributed by atoms with Gasteiger partial charge in [0.05, 0.1) is 11.6 Å². The molecule has 0 atom stereocenters. The van der Waals surface area contributed by atoms with Gasteiger partial charge in [-0.2, -0.15) is 4.80 Å². The highest BCUT2D eigenvalue weighted by Gasteiger charge is 2.06. The van der Waals surface area contributed by atoms with Crippen LogP contribution in [-0.4, -0.2) is 26.8 Å². The molecule has 2 aromatic rings. The third-order valence-electron chi connectivity index (χ3n) is 2.27. The van der Waals surface area contributed by atoms with Crippen molar-refractivity contribution in [3.63, 3.8) is 0 Å². The molecule has 0 saturated carbocycles. The number of rotatable bonds is 5. The average Bonchev–Trinajstić information content (AvgIpc) is 2.79. The minimum atomic E-state index is 0.230. The minimum absolute atomic E-state index is 0.230. The van der Waals surface area contributed by atoms with Crippen LogP contribution in [0.2, 0.25) is 5.02 Å². The van der Waals surface area contributed by atoms with Gasteiger partial charge >= 0.3 is 0 Å². The Morgan fingerprint density at radius 1 is 1.44 bits per heavy atom. The molecular weight excluding hydrogens is 254 g/mol. The number of halogens is 1. The second kappa shape index (κ2) is 5.79. The molecule has 0 radical (unpaired) electrons. The predicted molar refractivity (Wildman–Crippen MR) is 67.4 cm³/mol. The Labute approximate surface area is 110 Å². The number of benzene rings is 1. The van der Waals surface area contributed by atoms with Crippen LogP contribution in [0.5, 0.6) is 5.75 Å². The van der Waals surface area contributed by atoms with E-state index in [1.807, 2.05) is 19.1 Å².